The molecule has 0 bridgehead atoms. The second-order valence-electron chi connectivity index (χ2n) is 8.11. The molecule has 0 aliphatic carbocycles. The molecule has 31 heavy (non-hydrogen) atoms. The van der Waals surface area contributed by atoms with Crippen molar-refractivity contribution in [1.29, 1.82) is 0 Å². The second kappa shape index (κ2) is 8.36. The van der Waals surface area contributed by atoms with Gasteiger partial charge in [-0.05, 0) is 67.3 Å². The van der Waals surface area contributed by atoms with Crippen LogP contribution in [0.5, 0.6) is 0 Å². The number of fused-ring (bicyclic) bond motifs is 1. The smallest absolute Gasteiger partial charge is 0.158 e. The Hall–Kier alpha value is -2.83. The number of rotatable bonds is 5. The second-order valence-corrected chi connectivity index (χ2v) is 8.11. The molecule has 2 aromatic heterocycles. The van der Waals surface area contributed by atoms with Crippen molar-refractivity contribution in [2.45, 2.75) is 37.8 Å². The molecule has 2 unspecified atom stereocenters. The molecule has 6 heteroatoms. The van der Waals surface area contributed by atoms with Gasteiger partial charge in [0.05, 0.1) is 23.9 Å². The predicted molar refractivity (Wildman–Crippen MR) is 118 cm³/mol. The fourth-order valence-corrected chi connectivity index (χ4v) is 5.25. The highest BCUT2D eigenvalue weighted by Gasteiger charge is 2.59. The zero-order valence-corrected chi connectivity index (χ0v) is 17.7. The minimum absolute atomic E-state index is 0.142. The highest BCUT2D eigenvalue weighted by atomic mass is 19.1. The van der Waals surface area contributed by atoms with E-state index in [2.05, 4.69) is 33.1 Å². The number of hydrogen-bond donors (Lipinski definition) is 0. The van der Waals surface area contributed by atoms with Crippen LogP contribution in [0, 0.1) is 5.82 Å². The van der Waals surface area contributed by atoms with Gasteiger partial charge in [0.15, 0.2) is 5.66 Å². The molecule has 0 saturated carbocycles. The maximum absolute atomic E-state index is 13.9. The number of benzene rings is 1. The van der Waals surface area contributed by atoms with E-state index in [9.17, 15) is 4.39 Å². The SMILES string of the molecule is CCON1c2cccnc2C(c2ccc(F)cc2)C1(c1ccncc1)N1CCCCC1. The molecule has 0 amide bonds. The summed E-state index contributed by atoms with van der Waals surface area (Å²) in [6.45, 7) is 4.45. The summed E-state index contributed by atoms with van der Waals surface area (Å²) in [6, 6.07) is 15.0. The third-order valence-electron chi connectivity index (χ3n) is 6.43. The van der Waals surface area contributed by atoms with Crippen LogP contribution >= 0.6 is 0 Å². The van der Waals surface area contributed by atoms with Gasteiger partial charge < -0.3 is 0 Å². The summed E-state index contributed by atoms with van der Waals surface area (Å²) in [5, 5.41) is 2.06. The standard InChI is InChI=1S/C25H27FN4O/c1-2-31-30-22-7-6-14-28-24(22)23(19-8-10-21(26)11-9-19)25(30,20-12-15-27-16-13-20)29-17-4-3-5-18-29/h6-16,23H,2-5,17-18H2,1H3. The van der Waals surface area contributed by atoms with Crippen molar-refractivity contribution >= 4 is 5.69 Å². The Morgan fingerprint density at radius 3 is 2.45 bits per heavy atom. The molecule has 1 fully saturated rings. The van der Waals surface area contributed by atoms with Gasteiger partial charge in [0, 0.05) is 31.7 Å². The zero-order valence-electron chi connectivity index (χ0n) is 17.7. The van der Waals surface area contributed by atoms with Crippen LogP contribution in [0.15, 0.2) is 67.1 Å². The first-order valence-corrected chi connectivity index (χ1v) is 11.1. The van der Waals surface area contributed by atoms with Crippen molar-refractivity contribution in [3.63, 3.8) is 0 Å². The van der Waals surface area contributed by atoms with E-state index in [1.807, 2.05) is 43.7 Å². The van der Waals surface area contributed by atoms with E-state index >= 15 is 0 Å². The van der Waals surface area contributed by atoms with Crippen molar-refractivity contribution in [3.05, 3.63) is 89.8 Å². The lowest BCUT2D eigenvalue weighted by atomic mass is 9.79. The summed E-state index contributed by atoms with van der Waals surface area (Å²) in [7, 11) is 0. The molecule has 160 valence electrons. The predicted octanol–water partition coefficient (Wildman–Crippen LogP) is 4.86. The van der Waals surface area contributed by atoms with Gasteiger partial charge in [-0.25, -0.2) is 9.45 Å². The Kier molecular flexibility index (Phi) is 5.42. The molecule has 5 nitrogen and oxygen atoms in total. The maximum atomic E-state index is 13.9. The molecular weight excluding hydrogens is 391 g/mol. The largest absolute Gasteiger partial charge is 0.274 e. The first-order chi connectivity index (χ1) is 15.3. The normalized spacial score (nSPS) is 23.7. The van der Waals surface area contributed by atoms with E-state index in [0.717, 1.165) is 48.4 Å². The van der Waals surface area contributed by atoms with Crippen molar-refractivity contribution in [2.75, 3.05) is 24.8 Å². The van der Waals surface area contributed by atoms with Crippen LogP contribution in [0.25, 0.3) is 0 Å². The van der Waals surface area contributed by atoms with Gasteiger partial charge in [0.25, 0.3) is 0 Å². The number of hydrogen-bond acceptors (Lipinski definition) is 5. The van der Waals surface area contributed by atoms with Crippen molar-refractivity contribution in [2.24, 2.45) is 0 Å². The number of pyridine rings is 2. The number of hydroxylamine groups is 1. The van der Waals surface area contributed by atoms with E-state index < -0.39 is 5.66 Å². The Morgan fingerprint density at radius 1 is 1.00 bits per heavy atom. The monoisotopic (exact) mass is 418 g/mol. The molecule has 2 aliphatic heterocycles. The first-order valence-electron chi connectivity index (χ1n) is 11.1. The quantitative estimate of drug-likeness (QED) is 0.592. The van der Waals surface area contributed by atoms with E-state index in [0.29, 0.717) is 6.61 Å². The van der Waals surface area contributed by atoms with Crippen LogP contribution in [-0.4, -0.2) is 34.6 Å². The fraction of sp³-hybridized carbons (Fsp3) is 0.360. The van der Waals surface area contributed by atoms with Crippen LogP contribution in [-0.2, 0) is 10.5 Å². The average molecular weight is 419 g/mol. The fourth-order valence-electron chi connectivity index (χ4n) is 5.25. The lowest BCUT2D eigenvalue weighted by molar-refractivity contribution is -0.0435. The Balaban J connectivity index is 1.81. The summed E-state index contributed by atoms with van der Waals surface area (Å²) in [5.41, 5.74) is 3.40. The van der Waals surface area contributed by atoms with Crippen LogP contribution in [0.1, 0.15) is 48.9 Å². The minimum Gasteiger partial charge on any atom is -0.274 e. The molecule has 2 aliphatic rings. The summed E-state index contributed by atoms with van der Waals surface area (Å²) in [5.74, 6) is -0.381. The summed E-state index contributed by atoms with van der Waals surface area (Å²) >= 11 is 0. The number of aromatic nitrogens is 2. The topological polar surface area (TPSA) is 41.5 Å². The van der Waals surface area contributed by atoms with Gasteiger partial charge in [0.2, 0.25) is 0 Å². The van der Waals surface area contributed by atoms with Gasteiger partial charge in [-0.1, -0.05) is 18.6 Å². The lowest BCUT2D eigenvalue weighted by Gasteiger charge is -2.51. The Labute approximate surface area is 182 Å². The molecule has 2 atom stereocenters. The highest BCUT2D eigenvalue weighted by Crippen LogP contribution is 2.57. The summed E-state index contributed by atoms with van der Waals surface area (Å²) in [6.07, 6.45) is 8.99. The van der Waals surface area contributed by atoms with Crippen molar-refractivity contribution in [1.82, 2.24) is 14.9 Å². The van der Waals surface area contributed by atoms with E-state index in [4.69, 9.17) is 9.82 Å². The molecule has 0 spiro atoms. The molecule has 1 saturated heterocycles. The molecule has 4 heterocycles. The van der Waals surface area contributed by atoms with Crippen molar-refractivity contribution in [3.8, 4) is 0 Å². The van der Waals surface area contributed by atoms with Gasteiger partial charge in [-0.3, -0.25) is 19.7 Å². The number of halogens is 1. The summed E-state index contributed by atoms with van der Waals surface area (Å²) in [4.78, 5) is 18.0. The molecular formula is C25H27FN4O. The van der Waals surface area contributed by atoms with E-state index in [1.165, 1.54) is 18.6 Å². The third-order valence-corrected chi connectivity index (χ3v) is 6.43. The van der Waals surface area contributed by atoms with E-state index in [1.54, 1.807) is 0 Å². The number of piperidine rings is 1. The number of nitrogens with zero attached hydrogens (tertiary/aromatic N) is 4. The summed E-state index contributed by atoms with van der Waals surface area (Å²) < 4.78 is 13.9. The molecule has 0 radical (unpaired) electrons. The van der Waals surface area contributed by atoms with Crippen LogP contribution in [0.4, 0.5) is 10.1 Å². The zero-order chi connectivity index (χ0) is 21.3. The van der Waals surface area contributed by atoms with Gasteiger partial charge in [-0.2, -0.15) is 0 Å². The molecule has 3 aromatic rings. The molecule has 1 aromatic carbocycles. The Morgan fingerprint density at radius 2 is 1.74 bits per heavy atom. The minimum atomic E-state index is -0.631. The number of anilines is 1. The number of likely N-dealkylation sites (tertiary alicyclic amines) is 1. The third kappa shape index (κ3) is 3.22. The van der Waals surface area contributed by atoms with Gasteiger partial charge in [0.1, 0.15) is 5.82 Å². The van der Waals surface area contributed by atoms with E-state index in [-0.39, 0.29) is 11.7 Å². The van der Waals surface area contributed by atoms with Crippen LogP contribution < -0.4 is 5.06 Å². The average Bonchev–Trinajstić information content (AvgIpc) is 3.12. The van der Waals surface area contributed by atoms with Crippen LogP contribution in [0.2, 0.25) is 0 Å². The van der Waals surface area contributed by atoms with Gasteiger partial charge >= 0.3 is 0 Å². The molecule has 5 rings (SSSR count). The maximum Gasteiger partial charge on any atom is 0.158 e. The van der Waals surface area contributed by atoms with Gasteiger partial charge in [-0.15, -0.1) is 0 Å². The Bertz CT molecular complexity index is 1020. The lowest BCUT2D eigenvalue weighted by Crippen LogP contribution is -2.60. The molecule has 0 N–H and O–H groups in total. The highest BCUT2D eigenvalue weighted by molar-refractivity contribution is 5.64. The van der Waals surface area contributed by atoms with Crippen molar-refractivity contribution < 1.29 is 9.23 Å². The first kappa shape index (κ1) is 20.1. The van der Waals surface area contributed by atoms with Crippen LogP contribution in [0.3, 0.4) is 0 Å².